The number of ether oxygens (including phenoxy) is 1. The van der Waals surface area contributed by atoms with E-state index in [0.29, 0.717) is 12.0 Å². The van der Waals surface area contributed by atoms with Crippen LogP contribution in [0.25, 0.3) is 0 Å². The zero-order chi connectivity index (χ0) is 30.8. The summed E-state index contributed by atoms with van der Waals surface area (Å²) in [5.74, 6) is 0. The molecule has 0 aliphatic carbocycles. The topological polar surface area (TPSA) is 236 Å². The van der Waals surface area contributed by atoms with Gasteiger partial charge in [0.15, 0.2) is 6.23 Å². The number of rotatable bonds is 24. The van der Waals surface area contributed by atoms with Crippen molar-refractivity contribution in [3.05, 3.63) is 44.8 Å². The predicted octanol–water partition coefficient (Wildman–Crippen LogP) is 7.13. The van der Waals surface area contributed by atoms with E-state index in [0.717, 1.165) is 23.8 Å². The third-order valence-electron chi connectivity index (χ3n) is 7.09. The fourth-order valence-corrected chi connectivity index (χ4v) is 6.81. The molecule has 4 atom stereocenters. The highest BCUT2D eigenvalue weighted by Gasteiger charge is 2.36. The highest BCUT2D eigenvalue weighted by Crippen LogP contribution is 2.60. The van der Waals surface area contributed by atoms with E-state index in [1.807, 2.05) is 0 Å². The van der Waals surface area contributed by atoms with Gasteiger partial charge in [-0.3, -0.25) is 23.4 Å². The van der Waals surface area contributed by atoms with Gasteiger partial charge < -0.3 is 26.8 Å². The Bertz CT molecular complexity index is 1160. The Kier molecular flexibility index (Phi) is 22.2. The van der Waals surface area contributed by atoms with Crippen molar-refractivity contribution in [3.63, 3.8) is 0 Å². The molecule has 1 aromatic rings. The number of nitrogens with zero attached hydrogens (tertiary/aromatic N) is 1. The van der Waals surface area contributed by atoms with Crippen LogP contribution in [0.1, 0.15) is 121 Å². The fraction of sp³-hybridized carbons (Fsp3) is 0.786. The van der Waals surface area contributed by atoms with Crippen LogP contribution in [0.15, 0.2) is 27.9 Å². The molecule has 2 unspecified atom stereocenters. The first-order valence-electron chi connectivity index (χ1n) is 15.3. The van der Waals surface area contributed by atoms with Crippen LogP contribution in [0, 0.1) is 6.92 Å². The van der Waals surface area contributed by atoms with Crippen LogP contribution in [-0.4, -0.2) is 38.7 Å². The first-order valence-corrected chi connectivity index (χ1v) is 18.3. The lowest BCUT2D eigenvalue weighted by molar-refractivity contribution is -0.0107. The molecule has 0 saturated heterocycles. The number of hydrogen-bond acceptors (Lipinski definition) is 10. The molecule has 1 aliphatic heterocycles. The zero-order valence-corrected chi connectivity index (χ0v) is 28.3. The fourth-order valence-electron chi connectivity index (χ4n) is 4.69. The lowest BCUT2D eigenvalue weighted by Gasteiger charge is -2.19. The molecular formula is C28H56N4O10P2. The largest absolute Gasteiger partial charge is 0.481 e. The van der Waals surface area contributed by atoms with Gasteiger partial charge in [-0.1, -0.05) is 109 Å². The minimum absolute atomic E-state index is 0. The smallest absolute Gasteiger partial charge is 0.344 e. The number of aryl methyl sites for hydroxylation is 1. The van der Waals surface area contributed by atoms with E-state index >= 15 is 0 Å². The molecule has 1 aliphatic rings. The molecule has 0 amide bonds. The van der Waals surface area contributed by atoms with Crippen LogP contribution in [0.2, 0.25) is 0 Å². The van der Waals surface area contributed by atoms with Gasteiger partial charge in [0, 0.05) is 11.8 Å². The molecule has 2 rings (SSSR count). The van der Waals surface area contributed by atoms with Gasteiger partial charge in [-0.15, -0.1) is 0 Å². The summed E-state index contributed by atoms with van der Waals surface area (Å²) in [6.45, 7) is 3.20. The first kappa shape index (κ1) is 42.6. The molecule has 16 heteroatoms. The molecule has 0 saturated carbocycles. The van der Waals surface area contributed by atoms with E-state index in [4.69, 9.17) is 13.8 Å². The number of hydrogen-bond donors (Lipinski definition) is 5. The van der Waals surface area contributed by atoms with Crippen molar-refractivity contribution in [3.8, 4) is 0 Å². The van der Waals surface area contributed by atoms with Crippen molar-refractivity contribution in [2.45, 2.75) is 129 Å². The van der Waals surface area contributed by atoms with E-state index in [-0.39, 0.29) is 18.9 Å². The van der Waals surface area contributed by atoms with Crippen molar-refractivity contribution < 1.29 is 37.0 Å². The van der Waals surface area contributed by atoms with Crippen LogP contribution < -0.4 is 23.6 Å². The standard InChI is InChI=1S/C28H50N2O10P2.2H3N/c1-3-4-5-6-7-8-9-10-11-12-13-14-15-16-17-18-21-37-41(33,34)40-42(35,36)38-23-25-19-20-26(39-25)30-22-24(2)27(31)29-28(30)32;;/h19-20,22,25-26H,3-18,21,23H2,1-2H3,(H,33,34)(H,35,36)(H,29,31,32);2*1H3/t25-,26+;;/m0../s1. The van der Waals surface area contributed by atoms with Crippen LogP contribution in [0.5, 0.6) is 0 Å². The molecule has 1 aromatic heterocycles. The summed E-state index contributed by atoms with van der Waals surface area (Å²) in [5.41, 5.74) is -0.888. The zero-order valence-electron chi connectivity index (χ0n) is 26.5. The average Bonchev–Trinajstić information content (AvgIpc) is 3.40. The lowest BCUT2D eigenvalue weighted by Crippen LogP contribution is -2.33. The Morgan fingerprint density at radius 1 is 0.795 bits per heavy atom. The summed E-state index contributed by atoms with van der Waals surface area (Å²) in [6.07, 6.45) is 21.8. The highest BCUT2D eigenvalue weighted by atomic mass is 31.3. The summed E-state index contributed by atoms with van der Waals surface area (Å²) in [5, 5.41) is 0. The number of aromatic nitrogens is 2. The summed E-state index contributed by atoms with van der Waals surface area (Å²) in [7, 11) is -9.76. The molecule has 0 spiro atoms. The van der Waals surface area contributed by atoms with Crippen LogP contribution >= 0.6 is 15.6 Å². The van der Waals surface area contributed by atoms with Crippen molar-refractivity contribution in [2.24, 2.45) is 0 Å². The molecule has 44 heavy (non-hydrogen) atoms. The maximum absolute atomic E-state index is 12.2. The van der Waals surface area contributed by atoms with Crippen LogP contribution in [-0.2, 0) is 27.2 Å². The number of aromatic amines is 1. The van der Waals surface area contributed by atoms with Gasteiger partial charge in [0.1, 0.15) is 6.10 Å². The van der Waals surface area contributed by atoms with E-state index in [9.17, 15) is 28.5 Å². The van der Waals surface area contributed by atoms with E-state index < -0.39 is 45.8 Å². The third kappa shape index (κ3) is 17.9. The molecule has 258 valence electrons. The number of H-pyrrole nitrogens is 1. The molecule has 0 radical (unpaired) electrons. The number of phosphoric ester groups is 2. The van der Waals surface area contributed by atoms with Gasteiger partial charge in [0.2, 0.25) is 0 Å². The van der Waals surface area contributed by atoms with Gasteiger partial charge in [-0.25, -0.2) is 13.9 Å². The van der Waals surface area contributed by atoms with E-state index in [1.54, 1.807) is 0 Å². The summed E-state index contributed by atoms with van der Waals surface area (Å²) in [4.78, 5) is 45.4. The molecule has 0 fully saturated rings. The Morgan fingerprint density at radius 2 is 1.27 bits per heavy atom. The van der Waals surface area contributed by atoms with Crippen molar-refractivity contribution in [2.75, 3.05) is 13.2 Å². The average molecular weight is 671 g/mol. The molecular weight excluding hydrogens is 614 g/mol. The Balaban J connectivity index is 0.00000924. The molecule has 14 nitrogen and oxygen atoms in total. The molecule has 0 aromatic carbocycles. The quantitative estimate of drug-likeness (QED) is 0.0419. The Hall–Kier alpha value is -1.44. The second kappa shape index (κ2) is 23.0. The van der Waals surface area contributed by atoms with Gasteiger partial charge in [0.25, 0.3) is 5.56 Å². The summed E-state index contributed by atoms with van der Waals surface area (Å²) >= 11 is 0. The summed E-state index contributed by atoms with van der Waals surface area (Å²) < 4.78 is 45.0. The molecule has 2 heterocycles. The Labute approximate surface area is 261 Å². The minimum Gasteiger partial charge on any atom is -0.344 e. The predicted molar refractivity (Wildman–Crippen MR) is 171 cm³/mol. The number of nitrogens with one attached hydrogen (secondary N) is 1. The monoisotopic (exact) mass is 670 g/mol. The minimum atomic E-state index is -4.94. The van der Waals surface area contributed by atoms with Crippen molar-refractivity contribution in [1.29, 1.82) is 0 Å². The van der Waals surface area contributed by atoms with Crippen molar-refractivity contribution >= 4 is 15.6 Å². The maximum Gasteiger partial charge on any atom is 0.481 e. The van der Waals surface area contributed by atoms with Gasteiger partial charge in [-0.2, -0.15) is 4.31 Å². The van der Waals surface area contributed by atoms with Gasteiger partial charge >= 0.3 is 21.3 Å². The highest BCUT2D eigenvalue weighted by molar-refractivity contribution is 7.61. The van der Waals surface area contributed by atoms with Crippen molar-refractivity contribution in [1.82, 2.24) is 21.9 Å². The molecule has 0 bridgehead atoms. The van der Waals surface area contributed by atoms with Gasteiger partial charge in [-0.05, 0) is 19.4 Å². The van der Waals surface area contributed by atoms with Crippen LogP contribution in [0.3, 0.4) is 0 Å². The normalized spacial score (nSPS) is 18.7. The first-order chi connectivity index (χ1) is 20.0. The third-order valence-corrected chi connectivity index (χ3v) is 9.72. The molecule has 9 N–H and O–H groups in total. The second-order valence-electron chi connectivity index (χ2n) is 10.9. The van der Waals surface area contributed by atoms with Crippen LogP contribution in [0.4, 0.5) is 0 Å². The SMILES string of the molecule is CCCCCCCCCCCCCCCCCCOP(=O)(O)OP(=O)(O)OC[C@@H]1C=C[C@H](n2cc(C)c(=O)[nH]c2=O)O1.N.N. The number of unbranched alkanes of at least 4 members (excludes halogenated alkanes) is 15. The van der Waals surface area contributed by atoms with E-state index in [1.165, 1.54) is 102 Å². The summed E-state index contributed by atoms with van der Waals surface area (Å²) in [6, 6.07) is 0. The number of phosphoric acid groups is 2. The second-order valence-corrected chi connectivity index (χ2v) is 13.9. The maximum atomic E-state index is 12.2. The lowest BCUT2D eigenvalue weighted by atomic mass is 10.0. The Morgan fingerprint density at radius 3 is 1.80 bits per heavy atom. The van der Waals surface area contributed by atoms with E-state index in [2.05, 4.69) is 16.2 Å². The van der Waals surface area contributed by atoms with Gasteiger partial charge in [0.05, 0.1) is 13.2 Å².